The molecule has 7 nitrogen and oxygen atoms in total. The first kappa shape index (κ1) is 15.4. The molecule has 0 fully saturated rings. The molecule has 17 heavy (non-hydrogen) atoms. The van der Waals surface area contributed by atoms with Gasteiger partial charge in [-0.25, -0.2) is 0 Å². The molecule has 0 aromatic rings. The normalized spacial score (nSPS) is 11.1. The molecule has 0 aromatic carbocycles. The molecule has 0 saturated carbocycles. The lowest BCUT2D eigenvalue weighted by Gasteiger charge is -2.28. The van der Waals surface area contributed by atoms with Crippen LogP contribution >= 0.6 is 0 Å². The molecule has 98 valence electrons. The van der Waals surface area contributed by atoms with Crippen molar-refractivity contribution in [1.29, 1.82) is 0 Å². The second-order valence-electron chi connectivity index (χ2n) is 4.12. The SMILES string of the molecule is NC(=O)CCC(N)(CCC(=O)O)CCC(=O)O. The molecule has 7 heteroatoms. The Bertz CT molecular complexity index is 258. The molecule has 0 spiro atoms. The number of carboxylic acid groups (broad SMARTS) is 2. The lowest BCUT2D eigenvalue weighted by Crippen LogP contribution is -2.41. The number of aliphatic carboxylic acids is 2. The second-order valence-corrected chi connectivity index (χ2v) is 4.12. The number of carboxylic acids is 2. The zero-order valence-electron chi connectivity index (χ0n) is 9.52. The molecule has 0 aliphatic heterocycles. The quantitative estimate of drug-likeness (QED) is 0.439. The lowest BCUT2D eigenvalue weighted by molar-refractivity contribution is -0.137. The first-order valence-electron chi connectivity index (χ1n) is 5.26. The van der Waals surface area contributed by atoms with Gasteiger partial charge in [0.2, 0.25) is 5.91 Å². The highest BCUT2D eigenvalue weighted by Crippen LogP contribution is 2.22. The van der Waals surface area contributed by atoms with Crippen LogP contribution in [-0.4, -0.2) is 33.6 Å². The predicted molar refractivity (Wildman–Crippen MR) is 59.1 cm³/mol. The fraction of sp³-hybridized carbons (Fsp3) is 0.700. The van der Waals surface area contributed by atoms with E-state index in [2.05, 4.69) is 0 Å². The Kier molecular flexibility index (Phi) is 6.19. The van der Waals surface area contributed by atoms with Gasteiger partial charge in [0.05, 0.1) is 0 Å². The molecule has 0 aromatic heterocycles. The van der Waals surface area contributed by atoms with E-state index in [1.165, 1.54) is 0 Å². The Morgan fingerprint density at radius 3 is 1.53 bits per heavy atom. The van der Waals surface area contributed by atoms with Crippen molar-refractivity contribution in [3.05, 3.63) is 0 Å². The fourth-order valence-corrected chi connectivity index (χ4v) is 1.46. The minimum Gasteiger partial charge on any atom is -0.481 e. The summed E-state index contributed by atoms with van der Waals surface area (Å²) >= 11 is 0. The van der Waals surface area contributed by atoms with E-state index >= 15 is 0 Å². The summed E-state index contributed by atoms with van der Waals surface area (Å²) in [6.45, 7) is 0. The predicted octanol–water partition coefficient (Wildman–Crippen LogP) is -0.321. The van der Waals surface area contributed by atoms with Crippen molar-refractivity contribution in [2.24, 2.45) is 11.5 Å². The third-order valence-corrected chi connectivity index (χ3v) is 2.54. The molecule has 0 unspecified atom stereocenters. The van der Waals surface area contributed by atoms with E-state index < -0.39 is 23.4 Å². The Hall–Kier alpha value is -1.63. The number of carbonyl (C=O) groups is 3. The molecule has 0 bridgehead atoms. The van der Waals surface area contributed by atoms with E-state index in [0.29, 0.717) is 0 Å². The molecule has 0 saturated heterocycles. The van der Waals surface area contributed by atoms with Crippen LogP contribution in [0, 0.1) is 0 Å². The van der Waals surface area contributed by atoms with Crippen LogP contribution in [0.2, 0.25) is 0 Å². The highest BCUT2D eigenvalue weighted by atomic mass is 16.4. The minimum atomic E-state index is -1.01. The van der Waals surface area contributed by atoms with Crippen LogP contribution in [-0.2, 0) is 14.4 Å². The van der Waals surface area contributed by atoms with Gasteiger partial charge in [-0.2, -0.15) is 0 Å². The van der Waals surface area contributed by atoms with E-state index in [9.17, 15) is 14.4 Å². The molecule has 1 amide bonds. The zero-order valence-corrected chi connectivity index (χ0v) is 9.52. The van der Waals surface area contributed by atoms with Gasteiger partial charge in [0.15, 0.2) is 0 Å². The van der Waals surface area contributed by atoms with Gasteiger partial charge in [-0.15, -0.1) is 0 Å². The van der Waals surface area contributed by atoms with Crippen LogP contribution in [0.1, 0.15) is 38.5 Å². The zero-order chi connectivity index (χ0) is 13.5. The van der Waals surface area contributed by atoms with Crippen molar-refractivity contribution >= 4 is 17.8 Å². The summed E-state index contributed by atoms with van der Waals surface area (Å²) < 4.78 is 0. The third-order valence-electron chi connectivity index (χ3n) is 2.54. The largest absolute Gasteiger partial charge is 0.481 e. The van der Waals surface area contributed by atoms with Gasteiger partial charge in [0, 0.05) is 24.8 Å². The third kappa shape index (κ3) is 8.21. The summed E-state index contributed by atoms with van der Waals surface area (Å²) in [6.07, 6.45) is 0.161. The number of nitrogens with two attached hydrogens (primary N) is 2. The number of carbonyl (C=O) groups excluding carboxylic acids is 1. The van der Waals surface area contributed by atoms with Gasteiger partial charge in [0.1, 0.15) is 0 Å². The summed E-state index contributed by atoms with van der Waals surface area (Å²) in [4.78, 5) is 31.6. The van der Waals surface area contributed by atoms with Gasteiger partial charge in [-0.1, -0.05) is 0 Å². The molecular weight excluding hydrogens is 228 g/mol. The van der Waals surface area contributed by atoms with Crippen LogP contribution in [0.4, 0.5) is 0 Å². The molecular formula is C10H18N2O5. The van der Waals surface area contributed by atoms with Crippen LogP contribution in [0.3, 0.4) is 0 Å². The summed E-state index contributed by atoms with van der Waals surface area (Å²) in [5.41, 5.74) is 9.93. The van der Waals surface area contributed by atoms with E-state index in [1.807, 2.05) is 0 Å². The van der Waals surface area contributed by atoms with Gasteiger partial charge < -0.3 is 21.7 Å². The number of rotatable bonds is 9. The second kappa shape index (κ2) is 6.85. The maximum atomic E-state index is 10.7. The molecule has 0 aliphatic rings. The van der Waals surface area contributed by atoms with Gasteiger partial charge >= 0.3 is 11.9 Å². The summed E-state index contributed by atoms with van der Waals surface area (Å²) in [5.74, 6) is -2.55. The minimum absolute atomic E-state index is 0.0235. The summed E-state index contributed by atoms with van der Waals surface area (Å²) in [6, 6.07) is 0. The van der Waals surface area contributed by atoms with Crippen molar-refractivity contribution in [1.82, 2.24) is 0 Å². The molecule has 0 rings (SSSR count). The van der Waals surface area contributed by atoms with Gasteiger partial charge in [0.25, 0.3) is 0 Å². The maximum absolute atomic E-state index is 10.7. The van der Waals surface area contributed by atoms with Gasteiger partial charge in [-0.3, -0.25) is 14.4 Å². The molecule has 0 radical (unpaired) electrons. The number of amides is 1. The number of hydrogen-bond acceptors (Lipinski definition) is 4. The van der Waals surface area contributed by atoms with E-state index in [0.717, 1.165) is 0 Å². The van der Waals surface area contributed by atoms with Crippen LogP contribution in [0.5, 0.6) is 0 Å². The average molecular weight is 246 g/mol. The van der Waals surface area contributed by atoms with Crippen LogP contribution in [0.15, 0.2) is 0 Å². The molecule has 0 heterocycles. The summed E-state index contributed by atoms with van der Waals surface area (Å²) in [7, 11) is 0. The lowest BCUT2D eigenvalue weighted by atomic mass is 9.85. The van der Waals surface area contributed by atoms with Crippen LogP contribution in [0.25, 0.3) is 0 Å². The maximum Gasteiger partial charge on any atom is 0.303 e. The summed E-state index contributed by atoms with van der Waals surface area (Å²) in [5, 5.41) is 17.1. The van der Waals surface area contributed by atoms with Crippen molar-refractivity contribution in [2.45, 2.75) is 44.1 Å². The Labute approximate surface area is 98.8 Å². The van der Waals surface area contributed by atoms with E-state index in [4.69, 9.17) is 21.7 Å². The fourth-order valence-electron chi connectivity index (χ4n) is 1.46. The standard InChI is InChI=1S/C10H18N2O5/c11-7(13)1-4-10(12,5-2-8(14)15)6-3-9(16)17/h1-6,12H2,(H2,11,13)(H,14,15)(H,16,17). The van der Waals surface area contributed by atoms with Crippen molar-refractivity contribution in [3.8, 4) is 0 Å². The van der Waals surface area contributed by atoms with Gasteiger partial charge in [-0.05, 0) is 19.3 Å². The van der Waals surface area contributed by atoms with Crippen molar-refractivity contribution < 1.29 is 24.6 Å². The van der Waals surface area contributed by atoms with E-state index in [1.54, 1.807) is 0 Å². The number of hydrogen-bond donors (Lipinski definition) is 4. The Morgan fingerprint density at radius 1 is 0.882 bits per heavy atom. The smallest absolute Gasteiger partial charge is 0.303 e. The monoisotopic (exact) mass is 246 g/mol. The van der Waals surface area contributed by atoms with E-state index in [-0.39, 0.29) is 38.5 Å². The molecule has 6 N–H and O–H groups in total. The Morgan fingerprint density at radius 2 is 1.24 bits per heavy atom. The average Bonchev–Trinajstić information content (AvgIpc) is 2.21. The number of primary amides is 1. The first-order valence-corrected chi connectivity index (χ1v) is 5.26. The van der Waals surface area contributed by atoms with Crippen molar-refractivity contribution in [2.75, 3.05) is 0 Å². The highest BCUT2D eigenvalue weighted by molar-refractivity contribution is 5.74. The Balaban J connectivity index is 4.37. The molecule has 0 atom stereocenters. The molecule has 0 aliphatic carbocycles. The van der Waals surface area contributed by atoms with Crippen LogP contribution < -0.4 is 11.5 Å². The van der Waals surface area contributed by atoms with Crippen molar-refractivity contribution in [3.63, 3.8) is 0 Å². The first-order chi connectivity index (χ1) is 7.75. The topological polar surface area (TPSA) is 144 Å². The highest BCUT2D eigenvalue weighted by Gasteiger charge is 2.27.